The topological polar surface area (TPSA) is 30.7 Å². The molecular formula is C54H51IrN3S-2. The first kappa shape index (κ1) is 32.6. The first-order chi connectivity index (χ1) is 31.3. The number of hydrogen-bond acceptors (Lipinski definition) is 3. The van der Waals surface area contributed by atoms with Gasteiger partial charge in [-0.25, -0.2) is 0 Å². The number of pyridine rings is 1. The zero-order valence-electron chi connectivity index (χ0n) is 42.0. The van der Waals surface area contributed by atoms with Gasteiger partial charge >= 0.3 is 0 Å². The van der Waals surface area contributed by atoms with Crippen LogP contribution in [0.3, 0.4) is 0 Å². The average Bonchev–Trinajstić information content (AvgIpc) is 3.87. The molecule has 0 spiro atoms. The van der Waals surface area contributed by atoms with Crippen molar-refractivity contribution in [3.63, 3.8) is 0 Å². The van der Waals surface area contributed by atoms with Crippen molar-refractivity contribution in [2.24, 2.45) is 5.92 Å². The molecule has 6 aromatic carbocycles. The van der Waals surface area contributed by atoms with Gasteiger partial charge in [-0.15, -0.1) is 53.6 Å². The van der Waals surface area contributed by atoms with E-state index in [0.717, 1.165) is 59.4 Å². The minimum Gasteiger partial charge on any atom is -0.333 e. The molecule has 9 rings (SSSR count). The van der Waals surface area contributed by atoms with Gasteiger partial charge in [-0.2, -0.15) is 11.3 Å². The molecule has 0 aliphatic carbocycles. The second kappa shape index (κ2) is 18.0. The van der Waals surface area contributed by atoms with E-state index >= 15 is 0 Å². The van der Waals surface area contributed by atoms with E-state index in [1.165, 1.54) is 23.4 Å². The Morgan fingerprint density at radius 3 is 2.17 bits per heavy atom. The molecule has 3 heterocycles. The molecule has 0 aliphatic heterocycles. The van der Waals surface area contributed by atoms with Gasteiger partial charge in [-0.1, -0.05) is 144 Å². The molecule has 0 bridgehead atoms. The fourth-order valence-electron chi connectivity index (χ4n) is 7.57. The van der Waals surface area contributed by atoms with Gasteiger partial charge in [0.15, 0.2) is 0 Å². The third-order valence-corrected chi connectivity index (χ3v) is 11.5. The van der Waals surface area contributed by atoms with Crippen molar-refractivity contribution in [2.75, 3.05) is 0 Å². The molecule has 0 atom stereocenters. The third kappa shape index (κ3) is 8.48. The van der Waals surface area contributed by atoms with Crippen molar-refractivity contribution in [3.05, 3.63) is 174 Å². The molecule has 5 heteroatoms. The van der Waals surface area contributed by atoms with Crippen molar-refractivity contribution in [1.82, 2.24) is 14.5 Å². The number of hydrogen-bond donors (Lipinski definition) is 0. The molecule has 0 N–H and O–H groups in total. The SMILES string of the molecule is [2H]C([2H])([2H])c1c[c-]c(-c2nc3ccccc3n2-c2c(C(C)C)cccc2C(C)C)c2sc3cc(-c4ccccc4)ccc3c12.[2H]C([2H])([2H])c1cnc(-c2[c-]cccc2)cc1C([2H])([2H])C(C)C.[Ir]. The molecule has 0 fully saturated rings. The molecule has 59 heavy (non-hydrogen) atoms. The second-order valence-electron chi connectivity index (χ2n) is 15.5. The van der Waals surface area contributed by atoms with Gasteiger partial charge in [0.25, 0.3) is 0 Å². The number of benzene rings is 6. The summed E-state index contributed by atoms with van der Waals surface area (Å²) in [6.07, 6.45) is -0.491. The van der Waals surface area contributed by atoms with Crippen LogP contribution >= 0.6 is 11.3 Å². The summed E-state index contributed by atoms with van der Waals surface area (Å²) in [6.45, 7) is 7.70. The fourth-order valence-corrected chi connectivity index (χ4v) is 8.83. The molecule has 9 aromatic rings. The standard InChI is InChI=1S/C38H33N2S.C16H18N.Ir/c1-23(2)28-14-11-15-29(24(3)4)36(28)40-33-17-10-9-16-32(33)39-38(40)31-20-18-25(5)35-30-21-19-27(22-34(30)41-37(31)35)26-12-7-6-8-13-26;1-12(2)9-15-10-16(17-11-13(15)3)14-7-5-4-6-8-14;/h6-19,21-24H,1-5H3;4-7,10-12H,9H2,1-3H3;/q2*-1;/i5D3;3D3,9D2;. The van der Waals surface area contributed by atoms with E-state index in [1.807, 2.05) is 48.5 Å². The van der Waals surface area contributed by atoms with Gasteiger partial charge < -0.3 is 9.55 Å². The van der Waals surface area contributed by atoms with Gasteiger partial charge in [0.05, 0.1) is 16.9 Å². The van der Waals surface area contributed by atoms with Crippen molar-refractivity contribution in [2.45, 2.75) is 73.5 Å². The quantitative estimate of drug-likeness (QED) is 0.142. The maximum Gasteiger partial charge on any atom is 0.0774 e. The van der Waals surface area contributed by atoms with Crippen LogP contribution in [0.2, 0.25) is 0 Å². The number of rotatable bonds is 8. The van der Waals surface area contributed by atoms with Crippen molar-refractivity contribution in [1.29, 1.82) is 0 Å². The summed E-state index contributed by atoms with van der Waals surface area (Å²) < 4.78 is 69.0. The van der Waals surface area contributed by atoms with Crippen LogP contribution in [0.5, 0.6) is 0 Å². The van der Waals surface area contributed by atoms with Gasteiger partial charge in [0, 0.05) is 47.7 Å². The molecular weight excluding hydrogens is 915 g/mol. The molecule has 0 aliphatic rings. The monoisotopic (exact) mass is 974 g/mol. The molecule has 0 saturated carbocycles. The van der Waals surface area contributed by atoms with Crippen LogP contribution in [0, 0.1) is 31.8 Å². The van der Waals surface area contributed by atoms with Crippen LogP contribution in [0.4, 0.5) is 0 Å². The van der Waals surface area contributed by atoms with Crippen molar-refractivity contribution < 1.29 is 31.1 Å². The van der Waals surface area contributed by atoms with E-state index in [1.54, 1.807) is 37.3 Å². The Morgan fingerprint density at radius 2 is 1.47 bits per heavy atom. The summed E-state index contributed by atoms with van der Waals surface area (Å²) >= 11 is 1.62. The van der Waals surface area contributed by atoms with Gasteiger partial charge in [0.2, 0.25) is 0 Å². The zero-order chi connectivity index (χ0) is 47.3. The number of nitrogens with zero attached hydrogens (tertiary/aromatic N) is 3. The first-order valence-corrected chi connectivity index (χ1v) is 20.6. The Kier molecular flexibility index (Phi) is 9.94. The number of imidazole rings is 1. The predicted molar refractivity (Wildman–Crippen MR) is 248 cm³/mol. The number of fused-ring (bicyclic) bond motifs is 4. The third-order valence-electron chi connectivity index (χ3n) is 10.3. The number of aromatic nitrogens is 3. The van der Waals surface area contributed by atoms with E-state index in [9.17, 15) is 0 Å². The number of aryl methyl sites for hydroxylation is 2. The van der Waals surface area contributed by atoms with Crippen molar-refractivity contribution in [3.8, 4) is 39.5 Å². The van der Waals surface area contributed by atoms with Gasteiger partial charge in [0.1, 0.15) is 0 Å². The Morgan fingerprint density at radius 1 is 0.746 bits per heavy atom. The Hall–Kier alpha value is -5.19. The average molecular weight is 974 g/mol. The zero-order valence-corrected chi connectivity index (χ0v) is 37.2. The molecule has 3 aromatic heterocycles. The summed E-state index contributed by atoms with van der Waals surface area (Å²) in [5, 5.41) is 1.71. The van der Waals surface area contributed by atoms with Crippen LogP contribution in [0.1, 0.15) is 92.2 Å². The van der Waals surface area contributed by atoms with Crippen molar-refractivity contribution >= 4 is 42.5 Å². The van der Waals surface area contributed by atoms with Crippen LogP contribution in [0.15, 0.2) is 134 Å². The summed E-state index contributed by atoms with van der Waals surface area (Å²) in [5.41, 5.74) is 10.3. The molecule has 299 valence electrons. The van der Waals surface area contributed by atoms with E-state index < -0.39 is 20.1 Å². The van der Waals surface area contributed by atoms with E-state index in [2.05, 4.69) is 110 Å². The van der Waals surface area contributed by atoms with E-state index in [-0.39, 0.29) is 37.2 Å². The van der Waals surface area contributed by atoms with Gasteiger partial charge in [-0.3, -0.25) is 4.98 Å². The van der Waals surface area contributed by atoms with E-state index in [0.29, 0.717) is 28.7 Å². The second-order valence-corrected chi connectivity index (χ2v) is 16.6. The molecule has 0 saturated heterocycles. The maximum absolute atomic E-state index is 8.43. The van der Waals surface area contributed by atoms with Crippen LogP contribution in [-0.4, -0.2) is 14.5 Å². The minimum absolute atomic E-state index is 0. The van der Waals surface area contributed by atoms with Crippen LogP contribution in [0.25, 0.3) is 70.7 Å². The Bertz CT molecular complexity index is 3160. The van der Waals surface area contributed by atoms with E-state index in [4.69, 9.17) is 16.0 Å². The van der Waals surface area contributed by atoms with Crippen LogP contribution < -0.4 is 0 Å². The van der Waals surface area contributed by atoms with Gasteiger partial charge in [-0.05, 0) is 92.8 Å². The Balaban J connectivity index is 0.000000245. The minimum atomic E-state index is -2.40. The summed E-state index contributed by atoms with van der Waals surface area (Å²) in [7, 11) is 0. The fraction of sp³-hybridized carbons (Fsp3) is 0.222. The maximum atomic E-state index is 8.43. The smallest absolute Gasteiger partial charge is 0.0774 e. The Labute approximate surface area is 378 Å². The summed E-state index contributed by atoms with van der Waals surface area (Å²) in [4.78, 5) is 9.43. The molecule has 3 nitrogen and oxygen atoms in total. The molecule has 1 radical (unpaired) electrons. The normalized spacial score (nSPS) is 14.1. The summed E-state index contributed by atoms with van der Waals surface area (Å²) in [5.74, 6) is 1.00. The first-order valence-electron chi connectivity index (χ1n) is 23.8. The largest absolute Gasteiger partial charge is 0.333 e. The predicted octanol–water partition coefficient (Wildman–Crippen LogP) is 15.1. The number of thiophene rings is 1. The molecule has 0 amide bonds. The van der Waals surface area contributed by atoms with Crippen LogP contribution in [-0.2, 0) is 26.5 Å². The number of para-hydroxylation sites is 3. The molecule has 0 unspecified atom stereocenters. The summed E-state index contributed by atoms with van der Waals surface area (Å²) in [6, 6.07) is 48.3.